The summed E-state index contributed by atoms with van der Waals surface area (Å²) < 4.78 is 10.2. The summed E-state index contributed by atoms with van der Waals surface area (Å²) in [5, 5.41) is 19.3. The number of benzene rings is 2. The Hall–Kier alpha value is -4.21. The molecule has 1 aliphatic carbocycles. The standard InChI is InChI=1S/C25H22N4O6/c30-23(29-13-9-10-20(29)18(11-13)24(31)32)21-22(28-35-27-21)26-25(33)34-12-19-16-7-3-1-5-14(16)15-6-2-4-8-17(15)19/h1-8,13,18-20H,9-12H2,(H,31,32)(H,26,28,33). The third kappa shape index (κ3) is 3.44. The van der Waals surface area contributed by atoms with Crippen LogP contribution in [0.15, 0.2) is 53.2 Å². The number of carbonyl (C=O) groups excluding carboxylic acids is 2. The normalized spacial score (nSPS) is 22.1. The molecule has 3 unspecified atom stereocenters. The minimum absolute atomic E-state index is 0.102. The average molecular weight is 474 g/mol. The van der Waals surface area contributed by atoms with Crippen LogP contribution in [-0.2, 0) is 9.53 Å². The molecule has 2 aromatic carbocycles. The highest BCUT2D eigenvalue weighted by Crippen LogP contribution is 2.45. The van der Waals surface area contributed by atoms with Crippen molar-refractivity contribution in [2.24, 2.45) is 5.92 Å². The molecule has 2 bridgehead atoms. The maximum atomic E-state index is 13.2. The Labute approximate surface area is 199 Å². The molecule has 2 fully saturated rings. The summed E-state index contributed by atoms with van der Waals surface area (Å²) in [6.07, 6.45) is 0.977. The number of carbonyl (C=O) groups is 3. The van der Waals surface area contributed by atoms with Gasteiger partial charge in [-0.25, -0.2) is 9.42 Å². The molecule has 3 aromatic rings. The van der Waals surface area contributed by atoms with E-state index < -0.39 is 29.9 Å². The Morgan fingerprint density at radius 3 is 2.37 bits per heavy atom. The molecule has 0 radical (unpaired) electrons. The first kappa shape index (κ1) is 21.3. The zero-order valence-corrected chi connectivity index (χ0v) is 18.6. The average Bonchev–Trinajstić information content (AvgIpc) is 3.64. The van der Waals surface area contributed by atoms with E-state index in [9.17, 15) is 19.5 Å². The van der Waals surface area contributed by atoms with Crippen LogP contribution in [0.25, 0.3) is 11.1 Å². The van der Waals surface area contributed by atoms with Gasteiger partial charge < -0.3 is 14.7 Å². The fraction of sp³-hybridized carbons (Fsp3) is 0.320. The molecular weight excluding hydrogens is 452 g/mol. The lowest BCUT2D eigenvalue weighted by molar-refractivity contribution is -0.142. The van der Waals surface area contributed by atoms with Gasteiger partial charge in [0.2, 0.25) is 11.5 Å². The molecule has 2 saturated heterocycles. The summed E-state index contributed by atoms with van der Waals surface area (Å²) in [5.41, 5.74) is 4.23. The molecule has 0 saturated carbocycles. The van der Waals surface area contributed by atoms with Gasteiger partial charge in [-0.05, 0) is 51.8 Å². The van der Waals surface area contributed by atoms with Crippen molar-refractivity contribution in [3.63, 3.8) is 0 Å². The Balaban J connectivity index is 1.15. The monoisotopic (exact) mass is 474 g/mol. The second-order valence-electron chi connectivity index (χ2n) is 9.10. The summed E-state index contributed by atoms with van der Waals surface area (Å²) >= 11 is 0. The van der Waals surface area contributed by atoms with E-state index in [2.05, 4.69) is 15.6 Å². The summed E-state index contributed by atoms with van der Waals surface area (Å²) in [7, 11) is 0. The summed E-state index contributed by atoms with van der Waals surface area (Å²) in [4.78, 5) is 38.9. The quantitative estimate of drug-likeness (QED) is 0.574. The fourth-order valence-corrected chi connectivity index (χ4v) is 5.83. The minimum Gasteiger partial charge on any atom is -0.481 e. The fourth-order valence-electron chi connectivity index (χ4n) is 5.83. The lowest BCUT2D eigenvalue weighted by atomic mass is 9.89. The van der Waals surface area contributed by atoms with Crippen LogP contribution >= 0.6 is 0 Å². The maximum absolute atomic E-state index is 13.2. The van der Waals surface area contributed by atoms with Crippen LogP contribution in [0, 0.1) is 5.92 Å². The van der Waals surface area contributed by atoms with E-state index in [1.54, 1.807) is 4.90 Å². The number of anilines is 1. The third-order valence-corrected chi connectivity index (χ3v) is 7.34. The van der Waals surface area contributed by atoms with E-state index in [-0.39, 0.29) is 30.1 Å². The SMILES string of the molecule is O=C(Nc1nonc1C(=O)N1C2CCC1C(C(=O)O)C2)OCC1c2ccccc2-c2ccccc21. The first-order valence-electron chi connectivity index (χ1n) is 11.5. The van der Waals surface area contributed by atoms with Crippen molar-refractivity contribution < 1.29 is 28.9 Å². The number of ether oxygens (including phenoxy) is 1. The van der Waals surface area contributed by atoms with Gasteiger partial charge in [-0.15, -0.1) is 0 Å². The van der Waals surface area contributed by atoms with E-state index in [4.69, 9.17) is 9.37 Å². The number of hydrogen-bond donors (Lipinski definition) is 2. The topological polar surface area (TPSA) is 135 Å². The van der Waals surface area contributed by atoms with Crippen molar-refractivity contribution in [3.8, 4) is 11.1 Å². The van der Waals surface area contributed by atoms with Gasteiger partial charge >= 0.3 is 12.1 Å². The zero-order valence-electron chi connectivity index (χ0n) is 18.6. The first-order chi connectivity index (χ1) is 17.0. The molecule has 2 N–H and O–H groups in total. The number of fused-ring (bicyclic) bond motifs is 5. The second-order valence-corrected chi connectivity index (χ2v) is 9.10. The number of carboxylic acid groups (broad SMARTS) is 1. The number of aliphatic carboxylic acids is 1. The summed E-state index contributed by atoms with van der Waals surface area (Å²) in [5.74, 6) is -2.28. The molecule has 6 rings (SSSR count). The molecule has 10 nitrogen and oxygen atoms in total. The molecule has 3 atom stereocenters. The van der Waals surface area contributed by atoms with Crippen LogP contribution in [0.3, 0.4) is 0 Å². The van der Waals surface area contributed by atoms with Crippen molar-refractivity contribution in [1.82, 2.24) is 15.2 Å². The van der Waals surface area contributed by atoms with Gasteiger partial charge in [-0.2, -0.15) is 0 Å². The number of aromatic nitrogens is 2. The number of amides is 2. The molecule has 0 spiro atoms. The van der Waals surface area contributed by atoms with Gasteiger partial charge in [0.1, 0.15) is 6.61 Å². The molecule has 178 valence electrons. The highest BCUT2D eigenvalue weighted by molar-refractivity contribution is 6.00. The highest BCUT2D eigenvalue weighted by Gasteiger charge is 2.52. The molecule has 3 aliphatic rings. The van der Waals surface area contributed by atoms with Crippen LogP contribution in [0.2, 0.25) is 0 Å². The van der Waals surface area contributed by atoms with E-state index in [1.807, 2.05) is 48.5 Å². The summed E-state index contributed by atoms with van der Waals surface area (Å²) in [6.45, 7) is 0.102. The Kier molecular flexibility index (Phi) is 5.01. The molecule has 10 heteroatoms. The molecule has 2 amide bonds. The number of carboxylic acids is 1. The van der Waals surface area contributed by atoms with Crippen molar-refractivity contribution >= 4 is 23.8 Å². The third-order valence-electron chi connectivity index (χ3n) is 7.34. The van der Waals surface area contributed by atoms with Crippen LogP contribution < -0.4 is 5.32 Å². The smallest absolute Gasteiger partial charge is 0.412 e. The number of hydrogen-bond acceptors (Lipinski definition) is 7. The maximum Gasteiger partial charge on any atom is 0.412 e. The van der Waals surface area contributed by atoms with Gasteiger partial charge in [0.15, 0.2) is 0 Å². The van der Waals surface area contributed by atoms with Gasteiger partial charge in [-0.3, -0.25) is 14.9 Å². The molecular formula is C25H22N4O6. The predicted octanol–water partition coefficient (Wildman–Crippen LogP) is 3.51. The van der Waals surface area contributed by atoms with Crippen molar-refractivity contribution in [2.45, 2.75) is 37.3 Å². The molecule has 1 aromatic heterocycles. The second kappa shape index (κ2) is 8.23. The van der Waals surface area contributed by atoms with Gasteiger partial charge in [-0.1, -0.05) is 48.5 Å². The zero-order chi connectivity index (χ0) is 24.1. The van der Waals surface area contributed by atoms with E-state index >= 15 is 0 Å². The van der Waals surface area contributed by atoms with E-state index in [0.717, 1.165) is 28.7 Å². The minimum atomic E-state index is -0.912. The molecule has 3 heterocycles. The van der Waals surface area contributed by atoms with Crippen LogP contribution in [-0.4, -0.2) is 57.0 Å². The van der Waals surface area contributed by atoms with Crippen molar-refractivity contribution in [1.29, 1.82) is 0 Å². The number of rotatable bonds is 5. The van der Waals surface area contributed by atoms with E-state index in [0.29, 0.717) is 12.8 Å². The Morgan fingerprint density at radius 1 is 1.03 bits per heavy atom. The summed E-state index contributed by atoms with van der Waals surface area (Å²) in [6, 6.07) is 15.4. The van der Waals surface area contributed by atoms with Crippen molar-refractivity contribution in [2.75, 3.05) is 11.9 Å². The Bertz CT molecular complexity index is 1290. The van der Waals surface area contributed by atoms with Gasteiger partial charge in [0.25, 0.3) is 5.91 Å². The lowest BCUT2D eigenvalue weighted by Gasteiger charge is -2.22. The van der Waals surface area contributed by atoms with Crippen LogP contribution in [0.4, 0.5) is 10.6 Å². The van der Waals surface area contributed by atoms with E-state index in [1.165, 1.54) is 0 Å². The molecule has 2 aliphatic heterocycles. The number of nitrogens with zero attached hydrogens (tertiary/aromatic N) is 3. The number of nitrogens with one attached hydrogen (secondary N) is 1. The van der Waals surface area contributed by atoms with Crippen LogP contribution in [0.1, 0.15) is 46.8 Å². The van der Waals surface area contributed by atoms with Crippen LogP contribution in [0.5, 0.6) is 0 Å². The lowest BCUT2D eigenvalue weighted by Crippen LogP contribution is -2.38. The Morgan fingerprint density at radius 2 is 1.71 bits per heavy atom. The van der Waals surface area contributed by atoms with Crippen molar-refractivity contribution in [3.05, 3.63) is 65.4 Å². The molecule has 35 heavy (non-hydrogen) atoms. The van der Waals surface area contributed by atoms with Gasteiger partial charge in [0.05, 0.1) is 5.92 Å². The predicted molar refractivity (Wildman–Crippen MR) is 122 cm³/mol. The highest BCUT2D eigenvalue weighted by atomic mass is 16.6. The van der Waals surface area contributed by atoms with Gasteiger partial charge in [0, 0.05) is 18.0 Å². The largest absolute Gasteiger partial charge is 0.481 e. The first-order valence-corrected chi connectivity index (χ1v) is 11.5.